The SMILES string of the molecule is CC/C=C/C=C/C=C/CCCCCCCC(=O)OC(COC(=O)CCCCCCCCC/C=C/CCCCCCCCCCCCC)COP(=O)(O)OCCN. The maximum absolute atomic E-state index is 12.6. The number of nitrogens with two attached hydrogens (primary N) is 1. The molecule has 56 heavy (non-hydrogen) atoms. The molecule has 0 bridgehead atoms. The average molecular weight is 810 g/mol. The molecule has 0 aliphatic heterocycles. The topological polar surface area (TPSA) is 134 Å². The van der Waals surface area contributed by atoms with Gasteiger partial charge in [-0.1, -0.05) is 178 Å². The van der Waals surface area contributed by atoms with Crippen molar-refractivity contribution in [1.29, 1.82) is 0 Å². The van der Waals surface area contributed by atoms with Crippen LogP contribution in [-0.4, -0.2) is 49.3 Å². The number of unbranched alkanes of at least 4 members (excludes halogenated alkanes) is 23. The van der Waals surface area contributed by atoms with Crippen LogP contribution in [-0.2, 0) is 32.7 Å². The lowest BCUT2D eigenvalue weighted by Crippen LogP contribution is -2.29. The van der Waals surface area contributed by atoms with Crippen LogP contribution in [0.4, 0.5) is 0 Å². The zero-order valence-electron chi connectivity index (χ0n) is 35.9. The zero-order chi connectivity index (χ0) is 41.1. The number of allylic oxidation sites excluding steroid dienone is 8. The van der Waals surface area contributed by atoms with Gasteiger partial charge in [-0.3, -0.25) is 18.6 Å². The summed E-state index contributed by atoms with van der Waals surface area (Å²) < 4.78 is 32.8. The Labute approximate surface area is 343 Å². The molecular formula is C46H84NO8P. The van der Waals surface area contributed by atoms with E-state index in [0.29, 0.717) is 6.42 Å². The molecule has 0 fully saturated rings. The summed E-state index contributed by atoms with van der Waals surface area (Å²) >= 11 is 0. The molecule has 3 N–H and O–H groups in total. The van der Waals surface area contributed by atoms with E-state index in [2.05, 4.69) is 44.2 Å². The van der Waals surface area contributed by atoms with Crippen LogP contribution < -0.4 is 5.73 Å². The van der Waals surface area contributed by atoms with Gasteiger partial charge < -0.3 is 20.1 Å². The number of phosphoric acid groups is 1. The first-order valence-electron chi connectivity index (χ1n) is 22.6. The minimum Gasteiger partial charge on any atom is -0.462 e. The lowest BCUT2D eigenvalue weighted by molar-refractivity contribution is -0.161. The molecule has 2 atom stereocenters. The largest absolute Gasteiger partial charge is 0.472 e. The summed E-state index contributed by atoms with van der Waals surface area (Å²) in [7, 11) is -4.38. The molecule has 0 aliphatic rings. The lowest BCUT2D eigenvalue weighted by atomic mass is 10.0. The first-order chi connectivity index (χ1) is 27.3. The Bertz CT molecular complexity index is 1060. The van der Waals surface area contributed by atoms with Crippen LogP contribution in [0.2, 0.25) is 0 Å². The monoisotopic (exact) mass is 810 g/mol. The van der Waals surface area contributed by atoms with Crippen molar-refractivity contribution in [2.24, 2.45) is 5.73 Å². The third-order valence-electron chi connectivity index (χ3n) is 9.51. The molecule has 0 saturated heterocycles. The van der Waals surface area contributed by atoms with E-state index in [9.17, 15) is 19.0 Å². The molecule has 0 aromatic heterocycles. The molecular weight excluding hydrogens is 725 g/mol. The smallest absolute Gasteiger partial charge is 0.462 e. The van der Waals surface area contributed by atoms with Crippen molar-refractivity contribution < 1.29 is 37.6 Å². The van der Waals surface area contributed by atoms with Gasteiger partial charge in [-0.15, -0.1) is 0 Å². The van der Waals surface area contributed by atoms with Crippen LogP contribution >= 0.6 is 7.82 Å². The Morgan fingerprint density at radius 3 is 1.50 bits per heavy atom. The lowest BCUT2D eigenvalue weighted by Gasteiger charge is -2.19. The molecule has 9 nitrogen and oxygen atoms in total. The fourth-order valence-corrected chi connectivity index (χ4v) is 6.92. The molecule has 326 valence electrons. The van der Waals surface area contributed by atoms with E-state index in [1.54, 1.807) is 0 Å². The molecule has 0 heterocycles. The normalized spacial score (nSPS) is 13.7. The molecule has 0 saturated carbocycles. The third kappa shape index (κ3) is 41.6. The van der Waals surface area contributed by atoms with Crippen molar-refractivity contribution in [2.45, 2.75) is 206 Å². The van der Waals surface area contributed by atoms with E-state index < -0.39 is 32.5 Å². The number of phosphoric ester groups is 1. The molecule has 0 rings (SSSR count). The summed E-state index contributed by atoms with van der Waals surface area (Å²) in [6.07, 6.45) is 48.7. The molecule has 2 unspecified atom stereocenters. The summed E-state index contributed by atoms with van der Waals surface area (Å²) in [6.45, 7) is 3.58. The van der Waals surface area contributed by atoms with Crippen molar-refractivity contribution in [1.82, 2.24) is 0 Å². The van der Waals surface area contributed by atoms with Gasteiger partial charge in [0, 0.05) is 19.4 Å². The molecule has 0 aliphatic carbocycles. The second-order valence-electron chi connectivity index (χ2n) is 14.9. The van der Waals surface area contributed by atoms with Crippen molar-refractivity contribution in [3.05, 3.63) is 48.6 Å². The van der Waals surface area contributed by atoms with Gasteiger partial charge in [0.05, 0.1) is 13.2 Å². The molecule has 0 spiro atoms. The number of esters is 2. The van der Waals surface area contributed by atoms with Crippen molar-refractivity contribution in [3.63, 3.8) is 0 Å². The van der Waals surface area contributed by atoms with Crippen molar-refractivity contribution in [2.75, 3.05) is 26.4 Å². The van der Waals surface area contributed by atoms with Crippen LogP contribution in [0, 0.1) is 0 Å². The second kappa shape index (κ2) is 42.6. The van der Waals surface area contributed by atoms with Crippen LogP contribution in [0.15, 0.2) is 48.6 Å². The van der Waals surface area contributed by atoms with Crippen LogP contribution in [0.25, 0.3) is 0 Å². The summed E-state index contributed by atoms with van der Waals surface area (Å²) in [5.74, 6) is -0.857. The second-order valence-corrected chi connectivity index (χ2v) is 16.4. The van der Waals surface area contributed by atoms with Crippen molar-refractivity contribution in [3.8, 4) is 0 Å². The van der Waals surface area contributed by atoms with Crippen LogP contribution in [0.3, 0.4) is 0 Å². The van der Waals surface area contributed by atoms with E-state index in [4.69, 9.17) is 24.3 Å². The summed E-state index contributed by atoms with van der Waals surface area (Å²) in [4.78, 5) is 34.9. The minimum atomic E-state index is -4.38. The Kier molecular flexibility index (Phi) is 41.0. The maximum atomic E-state index is 12.6. The predicted octanol–water partition coefficient (Wildman–Crippen LogP) is 13.1. The number of hydrogen-bond donors (Lipinski definition) is 2. The first-order valence-corrected chi connectivity index (χ1v) is 24.1. The maximum Gasteiger partial charge on any atom is 0.472 e. The molecule has 10 heteroatoms. The fraction of sp³-hybridized carbons (Fsp3) is 0.783. The van der Waals surface area contributed by atoms with Gasteiger partial charge in [0.1, 0.15) is 6.61 Å². The van der Waals surface area contributed by atoms with Gasteiger partial charge in [0.2, 0.25) is 0 Å². The number of carbonyl (C=O) groups excluding carboxylic acids is 2. The van der Waals surface area contributed by atoms with Crippen molar-refractivity contribution >= 4 is 19.8 Å². The summed E-state index contributed by atoms with van der Waals surface area (Å²) in [5.41, 5.74) is 5.34. The highest BCUT2D eigenvalue weighted by Gasteiger charge is 2.26. The molecule has 0 amide bonds. The number of ether oxygens (including phenoxy) is 2. The highest BCUT2D eigenvalue weighted by Crippen LogP contribution is 2.43. The van der Waals surface area contributed by atoms with E-state index in [1.165, 1.54) is 96.3 Å². The first kappa shape index (κ1) is 54.0. The highest BCUT2D eigenvalue weighted by molar-refractivity contribution is 7.47. The van der Waals surface area contributed by atoms with Gasteiger partial charge in [-0.25, -0.2) is 4.57 Å². The van der Waals surface area contributed by atoms with Gasteiger partial charge >= 0.3 is 19.8 Å². The van der Waals surface area contributed by atoms with Gasteiger partial charge in [0.15, 0.2) is 6.10 Å². The third-order valence-corrected chi connectivity index (χ3v) is 10.5. The number of rotatable bonds is 42. The standard InChI is InChI=1S/C46H84NO8P/c1-3-5-7-9-11-13-15-17-18-19-20-21-22-23-24-25-27-28-30-32-34-36-38-45(48)52-42-44(43-54-56(50,51)53-41-40-47)55-46(49)39-37-35-33-31-29-26-16-14-12-10-8-6-4-2/h6,8,10,12,14,16,22-23,44H,3-5,7,9,11,13,15,17-21,24-43,47H2,1-2H3,(H,50,51)/b8-6+,12-10+,16-14+,23-22+. The van der Waals surface area contributed by atoms with Crippen LogP contribution in [0.5, 0.6) is 0 Å². The van der Waals surface area contributed by atoms with E-state index >= 15 is 0 Å². The minimum absolute atomic E-state index is 0.0477. The Morgan fingerprint density at radius 2 is 1.00 bits per heavy atom. The molecule has 0 aromatic rings. The van der Waals surface area contributed by atoms with E-state index in [1.807, 2.05) is 18.2 Å². The van der Waals surface area contributed by atoms with Gasteiger partial charge in [-0.2, -0.15) is 0 Å². The molecule has 0 radical (unpaired) electrons. The average Bonchev–Trinajstić information content (AvgIpc) is 3.18. The van der Waals surface area contributed by atoms with E-state index in [-0.39, 0.29) is 32.6 Å². The Hall–Kier alpha value is -2.03. The summed E-state index contributed by atoms with van der Waals surface area (Å²) in [5, 5.41) is 0. The van der Waals surface area contributed by atoms with Gasteiger partial charge in [0.25, 0.3) is 0 Å². The zero-order valence-corrected chi connectivity index (χ0v) is 36.8. The highest BCUT2D eigenvalue weighted by atomic mass is 31.2. The predicted molar refractivity (Wildman–Crippen MR) is 233 cm³/mol. The quantitative estimate of drug-likeness (QED) is 0.0203. The van der Waals surface area contributed by atoms with Crippen LogP contribution in [0.1, 0.15) is 200 Å². The molecule has 0 aromatic carbocycles. The van der Waals surface area contributed by atoms with Gasteiger partial charge in [-0.05, 0) is 57.8 Å². The Balaban J connectivity index is 4.08. The number of carbonyl (C=O) groups is 2. The fourth-order valence-electron chi connectivity index (χ4n) is 6.16. The number of hydrogen-bond acceptors (Lipinski definition) is 8. The Morgan fingerprint density at radius 1 is 0.554 bits per heavy atom. The summed E-state index contributed by atoms with van der Waals surface area (Å²) in [6, 6.07) is 0. The van der Waals surface area contributed by atoms with E-state index in [0.717, 1.165) is 70.6 Å².